The Labute approximate surface area is 215 Å². The lowest BCUT2D eigenvalue weighted by atomic mass is 9.80. The van der Waals surface area contributed by atoms with E-state index in [-0.39, 0.29) is 5.75 Å². The summed E-state index contributed by atoms with van der Waals surface area (Å²) in [7, 11) is 0. The number of phenols is 3. The van der Waals surface area contributed by atoms with Gasteiger partial charge in [0.25, 0.3) is 0 Å². The van der Waals surface area contributed by atoms with Gasteiger partial charge in [-0.25, -0.2) is 0 Å². The van der Waals surface area contributed by atoms with Gasteiger partial charge in [0.15, 0.2) is 0 Å². The predicted octanol–water partition coefficient (Wildman–Crippen LogP) is 9.16. The van der Waals surface area contributed by atoms with Crippen molar-refractivity contribution in [3.05, 3.63) is 64.2 Å². The monoisotopic (exact) mass is 484 g/mol. The molecule has 0 radical (unpaired) electrons. The van der Waals surface area contributed by atoms with E-state index in [2.05, 4.69) is 18.2 Å². The van der Waals surface area contributed by atoms with Crippen LogP contribution in [0.2, 0.25) is 0 Å². The number of phenolic OH excluding ortho intramolecular Hbond substituents is 3. The Morgan fingerprint density at radius 2 is 1.00 bits per heavy atom. The Morgan fingerprint density at radius 3 is 1.53 bits per heavy atom. The van der Waals surface area contributed by atoms with Crippen molar-refractivity contribution in [3.8, 4) is 39.5 Å². The van der Waals surface area contributed by atoms with Crippen LogP contribution in [0.4, 0.5) is 0 Å². The molecule has 0 spiro atoms. The highest BCUT2D eigenvalue weighted by Crippen LogP contribution is 2.47. The van der Waals surface area contributed by atoms with E-state index in [0.29, 0.717) is 23.3 Å². The zero-order valence-electron chi connectivity index (χ0n) is 22.0. The summed E-state index contributed by atoms with van der Waals surface area (Å²) in [5.74, 6) is 1.79. The highest BCUT2D eigenvalue weighted by atomic mass is 16.3. The highest BCUT2D eigenvalue weighted by molar-refractivity contribution is 5.87. The van der Waals surface area contributed by atoms with Gasteiger partial charge < -0.3 is 15.3 Å². The molecule has 2 saturated carbocycles. The van der Waals surface area contributed by atoms with Crippen molar-refractivity contribution in [1.29, 1.82) is 0 Å². The van der Waals surface area contributed by atoms with Gasteiger partial charge in [0.05, 0.1) is 0 Å². The van der Waals surface area contributed by atoms with Crippen LogP contribution in [-0.2, 0) is 0 Å². The van der Waals surface area contributed by atoms with E-state index in [1.807, 2.05) is 39.0 Å². The lowest BCUT2D eigenvalue weighted by molar-refractivity contribution is 0.414. The lowest BCUT2D eigenvalue weighted by Crippen LogP contribution is -2.06. The largest absolute Gasteiger partial charge is 0.508 e. The Bertz CT molecular complexity index is 1260. The van der Waals surface area contributed by atoms with Crippen molar-refractivity contribution in [2.24, 2.45) is 0 Å². The van der Waals surface area contributed by atoms with Crippen LogP contribution in [0.1, 0.15) is 104 Å². The fourth-order valence-electron chi connectivity index (χ4n) is 6.71. The molecular weight excluding hydrogens is 444 g/mol. The average molecular weight is 485 g/mol. The number of benzene rings is 3. The maximum absolute atomic E-state index is 11.7. The molecule has 5 rings (SSSR count). The molecule has 190 valence electrons. The Balaban J connectivity index is 1.63. The van der Waals surface area contributed by atoms with Gasteiger partial charge in [-0.1, -0.05) is 50.7 Å². The fraction of sp³-hybridized carbons (Fsp3) is 0.455. The van der Waals surface area contributed by atoms with E-state index in [9.17, 15) is 15.3 Å². The summed E-state index contributed by atoms with van der Waals surface area (Å²) < 4.78 is 0. The van der Waals surface area contributed by atoms with E-state index in [0.717, 1.165) is 75.8 Å². The van der Waals surface area contributed by atoms with Crippen molar-refractivity contribution >= 4 is 0 Å². The molecule has 0 aliphatic heterocycles. The maximum atomic E-state index is 11.7. The van der Waals surface area contributed by atoms with Gasteiger partial charge in [-0.05, 0) is 121 Å². The molecule has 2 aliphatic rings. The summed E-state index contributed by atoms with van der Waals surface area (Å²) in [6.07, 6.45) is 11.8. The van der Waals surface area contributed by atoms with Gasteiger partial charge in [-0.2, -0.15) is 0 Å². The second-order valence-electron chi connectivity index (χ2n) is 11.3. The Morgan fingerprint density at radius 1 is 0.528 bits per heavy atom. The molecule has 3 aromatic rings. The molecule has 0 unspecified atom stereocenters. The molecular formula is C33H40O3. The first-order chi connectivity index (χ1) is 17.3. The van der Waals surface area contributed by atoms with Crippen molar-refractivity contribution in [1.82, 2.24) is 0 Å². The molecule has 2 aliphatic carbocycles. The second-order valence-corrected chi connectivity index (χ2v) is 11.3. The minimum Gasteiger partial charge on any atom is -0.508 e. The van der Waals surface area contributed by atoms with Crippen LogP contribution in [0, 0.1) is 20.8 Å². The maximum Gasteiger partial charge on any atom is 0.131 e. The van der Waals surface area contributed by atoms with Gasteiger partial charge in [0.2, 0.25) is 0 Å². The molecule has 0 bridgehead atoms. The van der Waals surface area contributed by atoms with Crippen LogP contribution in [0.5, 0.6) is 17.2 Å². The Kier molecular flexibility index (Phi) is 7.01. The number of rotatable bonds is 4. The molecule has 3 heteroatoms. The number of aromatic hydroxyl groups is 3. The SMILES string of the molecule is Cc1cc(O)c(C2CCCCC2)cc1-c1ccc(C)c(-c2cc(C3CCCCC3)c(O)cc2C)c1O. The van der Waals surface area contributed by atoms with Crippen molar-refractivity contribution in [2.45, 2.75) is 96.8 Å². The molecule has 0 atom stereocenters. The topological polar surface area (TPSA) is 60.7 Å². The molecule has 0 saturated heterocycles. The number of hydrogen-bond acceptors (Lipinski definition) is 3. The van der Waals surface area contributed by atoms with Crippen molar-refractivity contribution < 1.29 is 15.3 Å². The van der Waals surface area contributed by atoms with Crippen LogP contribution in [0.15, 0.2) is 36.4 Å². The summed E-state index contributed by atoms with van der Waals surface area (Å²) in [5, 5.41) is 33.3. The van der Waals surface area contributed by atoms with E-state index in [4.69, 9.17) is 0 Å². The first kappa shape index (κ1) is 24.7. The third-order valence-electron chi connectivity index (χ3n) is 8.78. The average Bonchev–Trinajstić information content (AvgIpc) is 2.87. The highest BCUT2D eigenvalue weighted by Gasteiger charge is 2.24. The molecule has 3 aromatic carbocycles. The first-order valence-corrected chi connectivity index (χ1v) is 13.9. The normalized spacial score (nSPS) is 17.4. The zero-order chi connectivity index (χ0) is 25.4. The predicted molar refractivity (Wildman–Crippen MR) is 148 cm³/mol. The van der Waals surface area contributed by atoms with Gasteiger partial charge in [0.1, 0.15) is 17.2 Å². The summed E-state index contributed by atoms with van der Waals surface area (Å²) in [6.45, 7) is 6.06. The molecule has 2 fully saturated rings. The van der Waals surface area contributed by atoms with Crippen molar-refractivity contribution in [2.75, 3.05) is 0 Å². The smallest absolute Gasteiger partial charge is 0.131 e. The third kappa shape index (κ3) is 4.61. The zero-order valence-corrected chi connectivity index (χ0v) is 22.0. The second kappa shape index (κ2) is 10.2. The quantitative estimate of drug-likeness (QED) is 0.346. The van der Waals surface area contributed by atoms with E-state index >= 15 is 0 Å². The van der Waals surface area contributed by atoms with Crippen LogP contribution in [0.3, 0.4) is 0 Å². The summed E-state index contributed by atoms with van der Waals surface area (Å²) in [6, 6.07) is 12.1. The molecule has 0 aromatic heterocycles. The van der Waals surface area contributed by atoms with Crippen LogP contribution in [0.25, 0.3) is 22.3 Å². The van der Waals surface area contributed by atoms with E-state index in [1.54, 1.807) is 0 Å². The summed E-state index contributed by atoms with van der Waals surface area (Å²) in [4.78, 5) is 0. The van der Waals surface area contributed by atoms with Crippen LogP contribution < -0.4 is 0 Å². The van der Waals surface area contributed by atoms with E-state index < -0.39 is 0 Å². The van der Waals surface area contributed by atoms with Crippen LogP contribution >= 0.6 is 0 Å². The molecule has 36 heavy (non-hydrogen) atoms. The van der Waals surface area contributed by atoms with Gasteiger partial charge in [0, 0.05) is 11.1 Å². The molecule has 0 heterocycles. The first-order valence-electron chi connectivity index (χ1n) is 13.9. The van der Waals surface area contributed by atoms with Crippen LogP contribution in [-0.4, -0.2) is 15.3 Å². The molecule has 0 amide bonds. The van der Waals surface area contributed by atoms with Gasteiger partial charge in [-0.3, -0.25) is 0 Å². The summed E-state index contributed by atoms with van der Waals surface area (Å²) >= 11 is 0. The number of aryl methyl sites for hydroxylation is 3. The van der Waals surface area contributed by atoms with E-state index in [1.165, 1.54) is 38.5 Å². The third-order valence-corrected chi connectivity index (χ3v) is 8.78. The van der Waals surface area contributed by atoms with Gasteiger partial charge >= 0.3 is 0 Å². The summed E-state index contributed by atoms with van der Waals surface area (Å²) in [5.41, 5.74) is 8.59. The molecule has 3 nitrogen and oxygen atoms in total. The molecule has 3 N–H and O–H groups in total. The fourth-order valence-corrected chi connectivity index (χ4v) is 6.71. The lowest BCUT2D eigenvalue weighted by Gasteiger charge is -2.25. The van der Waals surface area contributed by atoms with Gasteiger partial charge in [-0.15, -0.1) is 0 Å². The minimum absolute atomic E-state index is 0.279. The van der Waals surface area contributed by atoms with Crippen molar-refractivity contribution in [3.63, 3.8) is 0 Å². The Hall–Kier alpha value is -2.94. The minimum atomic E-state index is 0.279. The standard InChI is InChI=1S/C33H40O3/c1-20-14-15-25(26-18-28(30(34)16-21(26)2)23-10-6-4-7-11-23)33(36)32(20)27-19-29(31(35)17-22(27)3)24-12-8-5-9-13-24/h14-19,23-24,34-36H,4-13H2,1-3H3. The number of hydrogen-bond donors (Lipinski definition) is 3.